The van der Waals surface area contributed by atoms with Gasteiger partial charge in [-0.1, -0.05) is 41.4 Å². The smallest absolute Gasteiger partial charge is 0.295 e. The van der Waals surface area contributed by atoms with E-state index in [-0.39, 0.29) is 11.6 Å². The number of nitrogens with one attached hydrogen (secondary N) is 1. The highest BCUT2D eigenvalue weighted by Gasteiger charge is 2.08. The van der Waals surface area contributed by atoms with E-state index in [2.05, 4.69) is 9.97 Å². The van der Waals surface area contributed by atoms with Crippen LogP contribution in [-0.2, 0) is 6.54 Å². The predicted molar refractivity (Wildman–Crippen MR) is 82.2 cm³/mol. The Morgan fingerprint density at radius 1 is 1.19 bits per heavy atom. The minimum atomic E-state index is -0.611. The molecule has 0 atom stereocenters. The number of fused-ring (bicyclic) bond motifs is 1. The molecular formula is C14H9Cl2N3O2. The molecule has 1 N–H and O–H groups in total. The minimum Gasteiger partial charge on any atom is -0.295 e. The van der Waals surface area contributed by atoms with Crippen molar-refractivity contribution in [3.05, 3.63) is 73.1 Å². The number of nitrogens with zero attached hydrogens (tertiary/aromatic N) is 2. The SMILES string of the molecule is O=c1[nH]c(=O)n(Cc2cc3ccccc3nc2Cl)cc1Cl. The van der Waals surface area contributed by atoms with E-state index in [4.69, 9.17) is 23.2 Å². The van der Waals surface area contributed by atoms with E-state index >= 15 is 0 Å². The summed E-state index contributed by atoms with van der Waals surface area (Å²) in [5.74, 6) is 0. The van der Waals surface area contributed by atoms with Gasteiger partial charge in [0.25, 0.3) is 5.56 Å². The molecule has 3 aromatic rings. The lowest BCUT2D eigenvalue weighted by Crippen LogP contribution is -2.30. The monoisotopic (exact) mass is 321 g/mol. The maximum atomic E-state index is 11.8. The summed E-state index contributed by atoms with van der Waals surface area (Å²) in [5, 5.41) is 1.17. The van der Waals surface area contributed by atoms with Crippen LogP contribution >= 0.6 is 23.2 Å². The third-order valence-electron chi connectivity index (χ3n) is 3.06. The number of halogens is 2. The van der Waals surface area contributed by atoms with Gasteiger partial charge in [-0.3, -0.25) is 14.3 Å². The predicted octanol–water partition coefficient (Wildman–Crippen LogP) is 2.44. The topological polar surface area (TPSA) is 67.8 Å². The Morgan fingerprint density at radius 2 is 1.95 bits per heavy atom. The Kier molecular flexibility index (Phi) is 3.53. The van der Waals surface area contributed by atoms with Crippen LogP contribution in [0.2, 0.25) is 10.2 Å². The fourth-order valence-corrected chi connectivity index (χ4v) is 2.40. The van der Waals surface area contributed by atoms with Crippen molar-refractivity contribution in [1.29, 1.82) is 0 Å². The van der Waals surface area contributed by atoms with Crippen molar-refractivity contribution in [3.8, 4) is 0 Å². The molecule has 0 spiro atoms. The molecule has 0 fully saturated rings. The summed E-state index contributed by atoms with van der Waals surface area (Å²) in [6.45, 7) is 0.173. The van der Waals surface area contributed by atoms with E-state index in [0.717, 1.165) is 10.9 Å². The largest absolute Gasteiger partial charge is 0.328 e. The van der Waals surface area contributed by atoms with E-state index in [1.54, 1.807) is 0 Å². The van der Waals surface area contributed by atoms with Crippen molar-refractivity contribution in [2.75, 3.05) is 0 Å². The van der Waals surface area contributed by atoms with Crippen molar-refractivity contribution in [2.45, 2.75) is 6.54 Å². The molecule has 0 radical (unpaired) electrons. The van der Waals surface area contributed by atoms with Crippen molar-refractivity contribution in [2.24, 2.45) is 0 Å². The molecule has 0 unspecified atom stereocenters. The zero-order valence-electron chi connectivity index (χ0n) is 10.6. The first kappa shape index (κ1) is 13.9. The Bertz CT molecular complexity index is 947. The summed E-state index contributed by atoms with van der Waals surface area (Å²) in [6.07, 6.45) is 1.29. The highest BCUT2D eigenvalue weighted by atomic mass is 35.5. The summed E-state index contributed by atoms with van der Waals surface area (Å²) < 4.78 is 1.28. The number of rotatable bonds is 2. The first-order chi connectivity index (χ1) is 10.0. The van der Waals surface area contributed by atoms with E-state index in [9.17, 15) is 9.59 Å². The third kappa shape index (κ3) is 2.70. The zero-order valence-corrected chi connectivity index (χ0v) is 12.1. The Morgan fingerprint density at radius 3 is 2.76 bits per heavy atom. The lowest BCUT2D eigenvalue weighted by molar-refractivity contribution is 0.719. The molecule has 0 saturated heterocycles. The Hall–Kier alpha value is -2.11. The maximum Gasteiger partial charge on any atom is 0.328 e. The van der Waals surface area contributed by atoms with Crippen molar-refractivity contribution in [1.82, 2.24) is 14.5 Å². The van der Waals surface area contributed by atoms with Gasteiger partial charge in [0.15, 0.2) is 0 Å². The van der Waals surface area contributed by atoms with E-state index in [1.807, 2.05) is 30.3 Å². The fraction of sp³-hybridized carbons (Fsp3) is 0.0714. The summed E-state index contributed by atoms with van der Waals surface area (Å²) >= 11 is 11.9. The van der Waals surface area contributed by atoms with Crippen LogP contribution in [-0.4, -0.2) is 14.5 Å². The molecule has 21 heavy (non-hydrogen) atoms. The zero-order chi connectivity index (χ0) is 15.0. The number of aromatic nitrogens is 3. The van der Waals surface area contributed by atoms with Gasteiger partial charge in [0.05, 0.1) is 12.1 Å². The standard InChI is InChI=1S/C14H9Cl2N3O2/c15-10-7-19(14(21)18-13(10)20)6-9-5-8-3-1-2-4-11(8)17-12(9)16/h1-5,7H,6H2,(H,18,20,21). The molecule has 5 nitrogen and oxygen atoms in total. The molecule has 3 rings (SSSR count). The highest BCUT2D eigenvalue weighted by molar-refractivity contribution is 6.30. The second-order valence-electron chi connectivity index (χ2n) is 4.50. The second-order valence-corrected chi connectivity index (χ2v) is 5.26. The molecule has 0 bridgehead atoms. The molecule has 0 saturated carbocycles. The van der Waals surface area contributed by atoms with Crippen LogP contribution in [0.15, 0.2) is 46.1 Å². The van der Waals surface area contributed by atoms with Gasteiger partial charge in [-0.25, -0.2) is 9.78 Å². The molecule has 106 valence electrons. The number of pyridine rings is 1. The van der Waals surface area contributed by atoms with Crippen LogP contribution in [0, 0.1) is 0 Å². The average molecular weight is 322 g/mol. The minimum absolute atomic E-state index is 0.0560. The van der Waals surface area contributed by atoms with Crippen LogP contribution in [0.5, 0.6) is 0 Å². The van der Waals surface area contributed by atoms with Crippen LogP contribution < -0.4 is 11.2 Å². The molecule has 0 aliphatic heterocycles. The molecule has 2 heterocycles. The van der Waals surface area contributed by atoms with Gasteiger partial charge in [-0.15, -0.1) is 0 Å². The first-order valence-corrected chi connectivity index (χ1v) is 6.83. The van der Waals surface area contributed by atoms with Gasteiger partial charge in [-0.05, 0) is 12.1 Å². The van der Waals surface area contributed by atoms with Gasteiger partial charge in [0.2, 0.25) is 0 Å². The summed E-state index contributed by atoms with van der Waals surface area (Å²) in [7, 11) is 0. The number of para-hydroxylation sites is 1. The molecule has 2 aromatic heterocycles. The van der Waals surface area contributed by atoms with E-state index in [1.165, 1.54) is 10.8 Å². The summed E-state index contributed by atoms with van der Waals surface area (Å²) in [4.78, 5) is 29.4. The molecule has 0 amide bonds. The Balaban J connectivity index is 2.10. The van der Waals surface area contributed by atoms with Crippen molar-refractivity contribution >= 4 is 34.1 Å². The normalized spacial score (nSPS) is 11.0. The maximum absolute atomic E-state index is 11.8. The van der Waals surface area contributed by atoms with E-state index in [0.29, 0.717) is 10.7 Å². The Labute approximate surface area is 128 Å². The average Bonchev–Trinajstić information content (AvgIpc) is 2.45. The van der Waals surface area contributed by atoms with Gasteiger partial charge >= 0.3 is 5.69 Å². The molecule has 1 aromatic carbocycles. The lowest BCUT2D eigenvalue weighted by atomic mass is 10.1. The number of hydrogen-bond donors (Lipinski definition) is 1. The number of hydrogen-bond acceptors (Lipinski definition) is 3. The number of benzene rings is 1. The van der Waals surface area contributed by atoms with Crippen LogP contribution in [0.4, 0.5) is 0 Å². The number of aromatic amines is 1. The fourth-order valence-electron chi connectivity index (χ4n) is 2.03. The lowest BCUT2D eigenvalue weighted by Gasteiger charge is -2.08. The van der Waals surface area contributed by atoms with Gasteiger partial charge in [0, 0.05) is 17.1 Å². The van der Waals surface area contributed by atoms with Crippen LogP contribution in [0.3, 0.4) is 0 Å². The number of H-pyrrole nitrogens is 1. The first-order valence-electron chi connectivity index (χ1n) is 6.08. The summed E-state index contributed by atoms with van der Waals surface area (Å²) in [5.41, 5.74) is 0.285. The quantitative estimate of drug-likeness (QED) is 0.737. The van der Waals surface area contributed by atoms with Gasteiger partial charge in [-0.2, -0.15) is 0 Å². The highest BCUT2D eigenvalue weighted by Crippen LogP contribution is 2.21. The molecular weight excluding hydrogens is 313 g/mol. The van der Waals surface area contributed by atoms with Crippen LogP contribution in [0.25, 0.3) is 10.9 Å². The van der Waals surface area contributed by atoms with Crippen molar-refractivity contribution in [3.63, 3.8) is 0 Å². The van der Waals surface area contributed by atoms with Gasteiger partial charge in [0.1, 0.15) is 10.2 Å². The van der Waals surface area contributed by atoms with Gasteiger partial charge < -0.3 is 0 Å². The molecule has 0 aliphatic carbocycles. The van der Waals surface area contributed by atoms with Crippen molar-refractivity contribution < 1.29 is 0 Å². The van der Waals surface area contributed by atoms with E-state index < -0.39 is 11.2 Å². The molecule has 7 heteroatoms. The van der Waals surface area contributed by atoms with Crippen LogP contribution in [0.1, 0.15) is 5.56 Å². The summed E-state index contributed by atoms with van der Waals surface area (Å²) in [6, 6.07) is 9.39. The second kappa shape index (κ2) is 5.35. The third-order valence-corrected chi connectivity index (χ3v) is 3.65. The molecule has 0 aliphatic rings.